The van der Waals surface area contributed by atoms with Gasteiger partial charge in [-0.1, -0.05) is 107 Å². The maximum absolute atomic E-state index is 4.06. The molecule has 0 fully saturated rings. The molecule has 0 saturated heterocycles. The number of allylic oxidation sites excluding steroid dienone is 1. The van der Waals surface area contributed by atoms with E-state index in [2.05, 4.69) is 98.4 Å². The van der Waals surface area contributed by atoms with Crippen LogP contribution in [-0.4, -0.2) is 8.80 Å². The van der Waals surface area contributed by atoms with Crippen molar-refractivity contribution in [2.24, 2.45) is 0 Å². The Morgan fingerprint density at radius 3 is 1.92 bits per heavy atom. The smallest absolute Gasteiger partial charge is 0.0955 e. The molecule has 0 amide bonds. The molecule has 24 heavy (non-hydrogen) atoms. The van der Waals surface area contributed by atoms with E-state index in [0.717, 1.165) is 12.0 Å². The molecule has 119 valence electrons. The van der Waals surface area contributed by atoms with Gasteiger partial charge in [-0.15, -0.1) is 0 Å². The van der Waals surface area contributed by atoms with Gasteiger partial charge in [-0.3, -0.25) is 0 Å². The Labute approximate surface area is 147 Å². The van der Waals surface area contributed by atoms with Crippen LogP contribution in [0.1, 0.15) is 18.1 Å². The van der Waals surface area contributed by atoms with E-state index in [0.29, 0.717) is 0 Å². The van der Waals surface area contributed by atoms with E-state index in [1.165, 1.54) is 27.5 Å². The van der Waals surface area contributed by atoms with Crippen LogP contribution in [0.15, 0.2) is 91.5 Å². The van der Waals surface area contributed by atoms with Crippen molar-refractivity contribution >= 4 is 24.7 Å². The van der Waals surface area contributed by atoms with E-state index >= 15 is 0 Å². The van der Waals surface area contributed by atoms with Crippen LogP contribution < -0.4 is 10.4 Å². The summed E-state index contributed by atoms with van der Waals surface area (Å²) in [5, 5.41) is 2.98. The molecule has 1 radical (unpaired) electrons. The molecule has 0 nitrogen and oxygen atoms in total. The Balaban J connectivity index is 1.83. The van der Waals surface area contributed by atoms with Gasteiger partial charge in [0, 0.05) is 0 Å². The lowest BCUT2D eigenvalue weighted by molar-refractivity contribution is 1.12. The van der Waals surface area contributed by atoms with Gasteiger partial charge < -0.3 is 0 Å². The number of rotatable bonds is 6. The molecule has 0 unspecified atom stereocenters. The lowest BCUT2D eigenvalue weighted by Gasteiger charge is -2.16. The summed E-state index contributed by atoms with van der Waals surface area (Å²) in [6.45, 7) is 6.13. The van der Waals surface area contributed by atoms with Gasteiger partial charge in [0.05, 0.1) is 0 Å². The Morgan fingerprint density at radius 2 is 1.38 bits per heavy atom. The highest BCUT2D eigenvalue weighted by Crippen LogP contribution is 2.15. The fourth-order valence-corrected chi connectivity index (χ4v) is 5.63. The Morgan fingerprint density at radius 1 is 0.792 bits per heavy atom. The molecule has 3 aromatic carbocycles. The average Bonchev–Trinajstić information content (AvgIpc) is 2.64. The molecule has 0 saturated carbocycles. The van der Waals surface area contributed by atoms with Crippen molar-refractivity contribution in [3.63, 3.8) is 0 Å². The Kier molecular flexibility index (Phi) is 5.45. The van der Waals surface area contributed by atoms with Crippen LogP contribution in [-0.2, 0) is 6.42 Å². The van der Waals surface area contributed by atoms with Crippen molar-refractivity contribution < 1.29 is 0 Å². The standard InChI is InChI=1S/C23H23Si/c1-19(2)21-11-9-10-20(18-21)16-17-24(22-12-5-3-6-13-22)23-14-7-4-8-15-23/h3-15,18H,1,16-17H2,2H3. The first-order valence-electron chi connectivity index (χ1n) is 8.45. The zero-order valence-electron chi connectivity index (χ0n) is 14.2. The van der Waals surface area contributed by atoms with Crippen molar-refractivity contribution in [2.75, 3.05) is 0 Å². The third-order valence-corrected chi connectivity index (χ3v) is 7.14. The van der Waals surface area contributed by atoms with Gasteiger partial charge in [0.1, 0.15) is 8.80 Å². The lowest BCUT2D eigenvalue weighted by atomic mass is 10.0. The summed E-state index contributed by atoms with van der Waals surface area (Å²) in [6, 6.07) is 32.0. The summed E-state index contributed by atoms with van der Waals surface area (Å²) in [7, 11) is -0.752. The van der Waals surface area contributed by atoms with E-state index in [1.54, 1.807) is 0 Å². The average molecular weight is 328 g/mol. The molecule has 0 aliphatic carbocycles. The SMILES string of the molecule is C=C(C)c1cccc(CC[Si](c2ccccc2)c2ccccc2)c1. The van der Waals surface area contributed by atoms with Gasteiger partial charge >= 0.3 is 0 Å². The van der Waals surface area contributed by atoms with E-state index in [-0.39, 0.29) is 0 Å². The normalized spacial score (nSPS) is 10.8. The second-order valence-electron chi connectivity index (χ2n) is 6.19. The molecule has 0 bridgehead atoms. The largest absolute Gasteiger partial charge is 0.121 e. The fourth-order valence-electron chi connectivity index (χ4n) is 3.00. The van der Waals surface area contributed by atoms with Crippen molar-refractivity contribution in [1.82, 2.24) is 0 Å². The third kappa shape index (κ3) is 4.12. The predicted octanol–water partition coefficient (Wildman–Crippen LogP) is 4.57. The summed E-state index contributed by atoms with van der Waals surface area (Å²) < 4.78 is 0. The number of hydrogen-bond acceptors (Lipinski definition) is 0. The summed E-state index contributed by atoms with van der Waals surface area (Å²) in [4.78, 5) is 0. The highest BCUT2D eigenvalue weighted by atomic mass is 28.3. The molecule has 0 N–H and O–H groups in total. The molecule has 0 aliphatic heterocycles. The maximum Gasteiger partial charge on any atom is 0.121 e. The first-order chi connectivity index (χ1) is 11.7. The van der Waals surface area contributed by atoms with Crippen LogP contribution in [0, 0.1) is 0 Å². The van der Waals surface area contributed by atoms with E-state index in [1.807, 2.05) is 0 Å². The van der Waals surface area contributed by atoms with Crippen molar-refractivity contribution in [3.05, 3.63) is 103 Å². The first kappa shape index (κ1) is 16.5. The quantitative estimate of drug-likeness (QED) is 0.582. The van der Waals surface area contributed by atoms with E-state index in [9.17, 15) is 0 Å². The summed E-state index contributed by atoms with van der Waals surface area (Å²) in [5.74, 6) is 0. The predicted molar refractivity (Wildman–Crippen MR) is 108 cm³/mol. The van der Waals surface area contributed by atoms with E-state index in [4.69, 9.17) is 0 Å². The fraction of sp³-hybridized carbons (Fsp3) is 0.130. The van der Waals surface area contributed by atoms with Gasteiger partial charge in [-0.2, -0.15) is 0 Å². The lowest BCUT2D eigenvalue weighted by Crippen LogP contribution is -2.42. The minimum atomic E-state index is -0.752. The van der Waals surface area contributed by atoms with Gasteiger partial charge in [0.15, 0.2) is 0 Å². The van der Waals surface area contributed by atoms with Gasteiger partial charge in [0.25, 0.3) is 0 Å². The highest BCUT2D eigenvalue weighted by molar-refractivity contribution is 6.85. The van der Waals surface area contributed by atoms with Crippen LogP contribution in [0.2, 0.25) is 6.04 Å². The summed E-state index contributed by atoms with van der Waals surface area (Å²) in [5.41, 5.74) is 3.79. The molecule has 3 aromatic rings. The number of hydrogen-bond donors (Lipinski definition) is 0. The van der Waals surface area contributed by atoms with Crippen LogP contribution in [0.4, 0.5) is 0 Å². The monoisotopic (exact) mass is 327 g/mol. The topological polar surface area (TPSA) is 0 Å². The second kappa shape index (κ2) is 7.94. The van der Waals surface area contributed by atoms with Gasteiger partial charge in [-0.25, -0.2) is 0 Å². The number of aryl methyl sites for hydroxylation is 1. The zero-order valence-corrected chi connectivity index (χ0v) is 15.2. The van der Waals surface area contributed by atoms with Crippen molar-refractivity contribution in [1.29, 1.82) is 0 Å². The number of benzene rings is 3. The van der Waals surface area contributed by atoms with Crippen LogP contribution >= 0.6 is 0 Å². The van der Waals surface area contributed by atoms with Crippen molar-refractivity contribution in [2.45, 2.75) is 19.4 Å². The summed E-state index contributed by atoms with van der Waals surface area (Å²) in [6.07, 6.45) is 1.11. The molecule has 0 heterocycles. The van der Waals surface area contributed by atoms with Crippen LogP contribution in [0.25, 0.3) is 5.57 Å². The second-order valence-corrected chi connectivity index (χ2v) is 8.80. The molecule has 0 spiro atoms. The molecular weight excluding hydrogens is 304 g/mol. The van der Waals surface area contributed by atoms with Crippen LogP contribution in [0.5, 0.6) is 0 Å². The van der Waals surface area contributed by atoms with Gasteiger partial charge in [-0.05, 0) is 30.5 Å². The first-order valence-corrected chi connectivity index (χ1v) is 10.2. The Bertz CT molecular complexity index is 751. The molecule has 3 rings (SSSR count). The maximum atomic E-state index is 4.06. The molecule has 1 heteroatoms. The Hall–Kier alpha value is -2.38. The zero-order chi connectivity index (χ0) is 16.8. The minimum Gasteiger partial charge on any atom is -0.0955 e. The molecule has 0 aliphatic rings. The highest BCUT2D eigenvalue weighted by Gasteiger charge is 2.16. The molecular formula is C23H23Si. The summed E-state index contributed by atoms with van der Waals surface area (Å²) >= 11 is 0. The molecule has 0 aromatic heterocycles. The molecule has 0 atom stereocenters. The minimum absolute atomic E-state index is 0.752. The van der Waals surface area contributed by atoms with E-state index < -0.39 is 8.80 Å². The van der Waals surface area contributed by atoms with Gasteiger partial charge in [0.2, 0.25) is 0 Å². The van der Waals surface area contributed by atoms with Crippen molar-refractivity contribution in [3.8, 4) is 0 Å². The van der Waals surface area contributed by atoms with Crippen LogP contribution in [0.3, 0.4) is 0 Å². The third-order valence-electron chi connectivity index (χ3n) is 4.33.